The van der Waals surface area contributed by atoms with E-state index in [4.69, 9.17) is 23.7 Å². The molecule has 4 aliphatic rings. The first-order valence-corrected chi connectivity index (χ1v) is 14.9. The summed E-state index contributed by atoms with van der Waals surface area (Å²) in [7, 11) is 0. The molecule has 0 radical (unpaired) electrons. The Morgan fingerprint density at radius 1 is 1.11 bits per heavy atom. The standard InChI is InChI=1S/C33H40O12/c1-7-13-41-29(39)43-24-23-17(2)20(35)15-33(40,30(23,4)5)27(44-28(38)19-11-9-8-10-12-19)25-31(6,26(24)37)21(36)14-22-32(25,16-42-22)45-18(3)34/h7-12,20-22,24-25,27,35-36,40H,1,13-16H2,2-6H3/t20-,21-,22+,24+,25-,27-,31+,32-,33+/m0/s1. The van der Waals surface area contributed by atoms with Gasteiger partial charge >= 0.3 is 18.1 Å². The predicted octanol–water partition coefficient (Wildman–Crippen LogP) is 2.43. The van der Waals surface area contributed by atoms with E-state index in [0.717, 1.165) is 0 Å². The van der Waals surface area contributed by atoms with Gasteiger partial charge in [0, 0.05) is 25.2 Å². The molecule has 0 unspecified atom stereocenters. The molecule has 1 aromatic rings. The van der Waals surface area contributed by atoms with Crippen molar-refractivity contribution >= 4 is 23.9 Å². The van der Waals surface area contributed by atoms with E-state index >= 15 is 0 Å². The van der Waals surface area contributed by atoms with E-state index in [0.29, 0.717) is 0 Å². The number of ether oxygens (including phenoxy) is 5. The zero-order valence-electron chi connectivity index (χ0n) is 26.0. The monoisotopic (exact) mass is 628 g/mol. The van der Waals surface area contributed by atoms with Crippen molar-refractivity contribution in [2.45, 2.75) is 89.2 Å². The molecule has 2 saturated carbocycles. The highest BCUT2D eigenvalue weighted by atomic mass is 16.7. The molecule has 1 aromatic carbocycles. The Morgan fingerprint density at radius 3 is 2.36 bits per heavy atom. The predicted molar refractivity (Wildman–Crippen MR) is 156 cm³/mol. The van der Waals surface area contributed by atoms with Gasteiger partial charge in [0.2, 0.25) is 0 Å². The molecule has 1 aliphatic heterocycles. The molecule has 1 heterocycles. The molecule has 3 N–H and O–H groups in total. The van der Waals surface area contributed by atoms with Gasteiger partial charge in [-0.2, -0.15) is 0 Å². The van der Waals surface area contributed by atoms with Crippen molar-refractivity contribution in [1.82, 2.24) is 0 Å². The summed E-state index contributed by atoms with van der Waals surface area (Å²) in [6, 6.07) is 8.00. The Hall–Kier alpha value is -3.58. The van der Waals surface area contributed by atoms with E-state index in [-0.39, 0.29) is 42.8 Å². The van der Waals surface area contributed by atoms with E-state index in [1.165, 1.54) is 32.1 Å². The minimum Gasteiger partial charge on any atom is -0.455 e. The number of carbonyl (C=O) groups is 4. The molecule has 244 valence electrons. The zero-order chi connectivity index (χ0) is 33.1. The molecule has 0 aromatic heterocycles. The molecule has 12 heteroatoms. The number of Topliss-reactive ketones (excluding diaryl/α,β-unsaturated/α-hetero) is 1. The molecule has 9 atom stereocenters. The van der Waals surface area contributed by atoms with E-state index in [1.54, 1.807) is 39.0 Å². The van der Waals surface area contributed by atoms with E-state index < -0.39 is 82.3 Å². The van der Waals surface area contributed by atoms with Gasteiger partial charge < -0.3 is 39.0 Å². The average Bonchev–Trinajstić information content (AvgIpc) is 2.98. The van der Waals surface area contributed by atoms with Crippen molar-refractivity contribution in [2.75, 3.05) is 13.2 Å². The lowest BCUT2D eigenvalue weighted by molar-refractivity contribution is -0.345. The van der Waals surface area contributed by atoms with Crippen molar-refractivity contribution in [1.29, 1.82) is 0 Å². The lowest BCUT2D eigenvalue weighted by Gasteiger charge is -2.67. The minimum absolute atomic E-state index is 0.0745. The van der Waals surface area contributed by atoms with Gasteiger partial charge in [-0.15, -0.1) is 0 Å². The molecule has 3 fully saturated rings. The molecular formula is C33H40O12. The maximum atomic E-state index is 15.0. The summed E-state index contributed by atoms with van der Waals surface area (Å²) < 4.78 is 28.6. The van der Waals surface area contributed by atoms with E-state index in [9.17, 15) is 34.5 Å². The molecular weight excluding hydrogens is 588 g/mol. The largest absolute Gasteiger partial charge is 0.509 e. The van der Waals surface area contributed by atoms with E-state index in [2.05, 4.69) is 6.58 Å². The van der Waals surface area contributed by atoms with Crippen molar-refractivity contribution < 1.29 is 58.2 Å². The van der Waals surface area contributed by atoms with E-state index in [1.807, 2.05) is 0 Å². The van der Waals surface area contributed by atoms with Gasteiger partial charge in [-0.05, 0) is 37.1 Å². The SMILES string of the molecule is C=CCOC(=O)O[C@H]1C(=O)[C@@]2(C)[C@H]([C@H](OC(=O)c3ccccc3)[C@]3(O)C[C@H](O)C(C)=C1C3(C)C)[C@]1(OC(C)=O)CO[C@@H]1C[C@@H]2O. The van der Waals surface area contributed by atoms with Gasteiger partial charge in [-0.3, -0.25) is 9.59 Å². The smallest absolute Gasteiger partial charge is 0.455 e. The van der Waals surface area contributed by atoms with Crippen LogP contribution in [0.15, 0.2) is 54.1 Å². The number of aliphatic hydroxyl groups excluding tert-OH is 2. The topological polar surface area (TPSA) is 175 Å². The first kappa shape index (κ1) is 32.8. The number of hydrogen-bond donors (Lipinski definition) is 3. The Labute approximate surface area is 260 Å². The van der Waals surface area contributed by atoms with Crippen LogP contribution in [0.2, 0.25) is 0 Å². The van der Waals surface area contributed by atoms with Gasteiger partial charge in [0.25, 0.3) is 0 Å². The average molecular weight is 629 g/mol. The third-order valence-electron chi connectivity index (χ3n) is 10.5. The summed E-state index contributed by atoms with van der Waals surface area (Å²) in [6.45, 7) is 10.4. The van der Waals surface area contributed by atoms with Crippen molar-refractivity contribution in [3.63, 3.8) is 0 Å². The number of benzene rings is 1. The highest BCUT2D eigenvalue weighted by molar-refractivity contribution is 5.95. The summed E-state index contributed by atoms with van der Waals surface area (Å²) in [4.78, 5) is 54.3. The van der Waals surface area contributed by atoms with Gasteiger partial charge in [-0.25, -0.2) is 9.59 Å². The summed E-state index contributed by atoms with van der Waals surface area (Å²) in [6.07, 6.45) is -7.61. The molecule has 0 amide bonds. The normalized spacial score (nSPS) is 38.3. The van der Waals surface area contributed by atoms with Gasteiger partial charge in [-0.1, -0.05) is 44.7 Å². The molecule has 12 nitrogen and oxygen atoms in total. The van der Waals surface area contributed by atoms with Crippen molar-refractivity contribution in [2.24, 2.45) is 16.7 Å². The van der Waals surface area contributed by atoms with Crippen LogP contribution in [0.25, 0.3) is 0 Å². The van der Waals surface area contributed by atoms with Gasteiger partial charge in [0.15, 0.2) is 17.5 Å². The number of esters is 2. The summed E-state index contributed by atoms with van der Waals surface area (Å²) in [5.41, 5.74) is -6.81. The summed E-state index contributed by atoms with van der Waals surface area (Å²) >= 11 is 0. The lowest BCUT2D eigenvalue weighted by atomic mass is 9.44. The van der Waals surface area contributed by atoms with Crippen LogP contribution in [0, 0.1) is 16.7 Å². The van der Waals surface area contributed by atoms with Crippen molar-refractivity contribution in [3.8, 4) is 0 Å². The van der Waals surface area contributed by atoms with Crippen LogP contribution in [0.4, 0.5) is 4.79 Å². The molecule has 5 rings (SSSR count). The first-order valence-electron chi connectivity index (χ1n) is 14.9. The fourth-order valence-electron chi connectivity index (χ4n) is 8.00. The number of carbonyl (C=O) groups excluding carboxylic acids is 4. The number of ketones is 1. The number of rotatable bonds is 6. The highest BCUT2D eigenvalue weighted by Gasteiger charge is 2.78. The number of aliphatic hydroxyl groups is 3. The van der Waals surface area contributed by atoms with Gasteiger partial charge in [0.05, 0.1) is 35.7 Å². The maximum Gasteiger partial charge on any atom is 0.509 e. The fraction of sp³-hybridized carbons (Fsp3) is 0.576. The Bertz CT molecular complexity index is 1430. The molecule has 45 heavy (non-hydrogen) atoms. The van der Waals surface area contributed by atoms with Crippen molar-refractivity contribution in [3.05, 3.63) is 59.7 Å². The summed E-state index contributed by atoms with van der Waals surface area (Å²) in [5, 5.41) is 36.1. The number of fused-ring (bicyclic) bond motifs is 5. The van der Waals surface area contributed by atoms with Crippen LogP contribution in [0.3, 0.4) is 0 Å². The maximum absolute atomic E-state index is 15.0. The number of hydrogen-bond acceptors (Lipinski definition) is 12. The zero-order valence-corrected chi connectivity index (χ0v) is 26.0. The van der Waals surface area contributed by atoms with Crippen LogP contribution in [0.5, 0.6) is 0 Å². The molecule has 2 bridgehead atoms. The van der Waals surface area contributed by atoms with Crippen LogP contribution < -0.4 is 0 Å². The van der Waals surface area contributed by atoms with Crippen LogP contribution in [-0.2, 0) is 33.3 Å². The lowest BCUT2D eigenvalue weighted by Crippen LogP contribution is -2.81. The second-order valence-corrected chi connectivity index (χ2v) is 13.1. The Morgan fingerprint density at radius 2 is 1.78 bits per heavy atom. The minimum atomic E-state index is -2.17. The van der Waals surface area contributed by atoms with Crippen LogP contribution >= 0.6 is 0 Å². The van der Waals surface area contributed by atoms with Crippen LogP contribution in [-0.4, -0.2) is 94.1 Å². The Balaban J connectivity index is 1.80. The fourth-order valence-corrected chi connectivity index (χ4v) is 8.00. The molecule has 1 saturated heterocycles. The molecule has 3 aliphatic carbocycles. The summed E-state index contributed by atoms with van der Waals surface area (Å²) in [5.74, 6) is -3.81. The van der Waals surface area contributed by atoms with Crippen LogP contribution in [0.1, 0.15) is 57.8 Å². The third-order valence-corrected chi connectivity index (χ3v) is 10.5. The highest BCUT2D eigenvalue weighted by Crippen LogP contribution is 2.64. The first-order chi connectivity index (χ1) is 21.1. The second kappa shape index (κ2) is 11.3. The Kier molecular flexibility index (Phi) is 8.27. The van der Waals surface area contributed by atoms with Gasteiger partial charge in [0.1, 0.15) is 24.4 Å². The second-order valence-electron chi connectivity index (χ2n) is 13.1. The molecule has 0 spiro atoms. The third kappa shape index (κ3) is 4.81. The quantitative estimate of drug-likeness (QED) is 0.239.